The van der Waals surface area contributed by atoms with Crippen LogP contribution in [0.2, 0.25) is 0 Å². The lowest BCUT2D eigenvalue weighted by Crippen LogP contribution is -2.32. The molecule has 1 rings (SSSR count). The summed E-state index contributed by atoms with van der Waals surface area (Å²) in [6.07, 6.45) is 5.02. The van der Waals surface area contributed by atoms with Crippen molar-refractivity contribution in [2.24, 2.45) is 5.92 Å². The van der Waals surface area contributed by atoms with Crippen molar-refractivity contribution in [1.82, 2.24) is 4.90 Å². The van der Waals surface area contributed by atoms with Crippen LogP contribution in [0.1, 0.15) is 26.2 Å². The van der Waals surface area contributed by atoms with Gasteiger partial charge in [-0.05, 0) is 19.3 Å². The van der Waals surface area contributed by atoms with E-state index in [1.54, 1.807) is 6.08 Å². The topological polar surface area (TPSA) is 20.3 Å². The SMILES string of the molecule is C=CCN(CCC)C(=O)C1CC1. The Morgan fingerprint density at radius 3 is 2.75 bits per heavy atom. The standard InChI is InChI=1S/C10H17NO/c1-3-7-11(8-4-2)10(12)9-5-6-9/h3,9H,1,4-8H2,2H3. The second kappa shape index (κ2) is 4.29. The molecule has 68 valence electrons. The smallest absolute Gasteiger partial charge is 0.225 e. The molecule has 0 saturated heterocycles. The van der Waals surface area contributed by atoms with Gasteiger partial charge in [0.05, 0.1) is 0 Å². The maximum absolute atomic E-state index is 11.6. The third-order valence-electron chi connectivity index (χ3n) is 2.08. The molecule has 0 aliphatic heterocycles. The summed E-state index contributed by atoms with van der Waals surface area (Å²) in [7, 11) is 0. The summed E-state index contributed by atoms with van der Waals surface area (Å²) in [5.74, 6) is 0.674. The van der Waals surface area contributed by atoms with Gasteiger partial charge in [-0.3, -0.25) is 4.79 Å². The molecule has 2 nitrogen and oxygen atoms in total. The highest BCUT2D eigenvalue weighted by atomic mass is 16.2. The van der Waals surface area contributed by atoms with Crippen molar-refractivity contribution in [3.05, 3.63) is 12.7 Å². The summed E-state index contributed by atoms with van der Waals surface area (Å²) in [5.41, 5.74) is 0. The zero-order valence-corrected chi connectivity index (χ0v) is 7.75. The summed E-state index contributed by atoms with van der Waals surface area (Å²) in [4.78, 5) is 13.5. The second-order valence-corrected chi connectivity index (χ2v) is 3.35. The third-order valence-corrected chi connectivity index (χ3v) is 2.08. The van der Waals surface area contributed by atoms with Crippen LogP contribution >= 0.6 is 0 Å². The molecule has 1 aliphatic carbocycles. The molecule has 1 fully saturated rings. The minimum Gasteiger partial charge on any atom is -0.339 e. The van der Waals surface area contributed by atoms with Crippen molar-refractivity contribution >= 4 is 5.91 Å². The van der Waals surface area contributed by atoms with E-state index >= 15 is 0 Å². The summed E-state index contributed by atoms with van der Waals surface area (Å²) < 4.78 is 0. The van der Waals surface area contributed by atoms with E-state index in [2.05, 4.69) is 13.5 Å². The van der Waals surface area contributed by atoms with Crippen molar-refractivity contribution in [3.8, 4) is 0 Å². The number of rotatable bonds is 5. The molecular weight excluding hydrogens is 150 g/mol. The first kappa shape index (κ1) is 9.30. The Balaban J connectivity index is 2.38. The molecule has 0 aromatic heterocycles. The molecule has 0 bridgehead atoms. The van der Waals surface area contributed by atoms with E-state index in [1.165, 1.54) is 0 Å². The van der Waals surface area contributed by atoms with Gasteiger partial charge in [-0.2, -0.15) is 0 Å². The van der Waals surface area contributed by atoms with Crippen LogP contribution in [0.4, 0.5) is 0 Å². The van der Waals surface area contributed by atoms with Gasteiger partial charge in [0.25, 0.3) is 0 Å². The van der Waals surface area contributed by atoms with Gasteiger partial charge in [-0.15, -0.1) is 6.58 Å². The summed E-state index contributed by atoms with van der Waals surface area (Å²) in [5, 5.41) is 0. The minimum absolute atomic E-state index is 0.330. The molecule has 0 heterocycles. The Hall–Kier alpha value is -0.790. The van der Waals surface area contributed by atoms with Gasteiger partial charge in [-0.1, -0.05) is 13.0 Å². The maximum Gasteiger partial charge on any atom is 0.225 e. The van der Waals surface area contributed by atoms with Crippen LogP contribution in [0, 0.1) is 5.92 Å². The van der Waals surface area contributed by atoms with E-state index in [4.69, 9.17) is 0 Å². The lowest BCUT2D eigenvalue weighted by molar-refractivity contribution is -0.132. The second-order valence-electron chi connectivity index (χ2n) is 3.35. The predicted molar refractivity (Wildman–Crippen MR) is 49.8 cm³/mol. The fourth-order valence-corrected chi connectivity index (χ4v) is 1.31. The molecule has 0 aromatic rings. The third kappa shape index (κ3) is 2.36. The number of amides is 1. The zero-order valence-electron chi connectivity index (χ0n) is 7.75. The highest BCUT2D eigenvalue weighted by molar-refractivity contribution is 5.81. The van der Waals surface area contributed by atoms with Gasteiger partial charge in [0, 0.05) is 19.0 Å². The summed E-state index contributed by atoms with van der Waals surface area (Å²) in [6, 6.07) is 0. The molecule has 2 heteroatoms. The Labute approximate surface area is 74.2 Å². The first-order chi connectivity index (χ1) is 5.79. The van der Waals surface area contributed by atoms with Gasteiger partial charge in [0.1, 0.15) is 0 Å². The van der Waals surface area contributed by atoms with E-state index in [0.29, 0.717) is 18.4 Å². The van der Waals surface area contributed by atoms with E-state index in [-0.39, 0.29) is 0 Å². The van der Waals surface area contributed by atoms with Crippen molar-refractivity contribution in [2.45, 2.75) is 26.2 Å². The molecule has 0 unspecified atom stereocenters. The average Bonchev–Trinajstić information content (AvgIpc) is 2.85. The number of nitrogens with zero attached hydrogens (tertiary/aromatic N) is 1. The van der Waals surface area contributed by atoms with Crippen LogP contribution in [0.15, 0.2) is 12.7 Å². The highest BCUT2D eigenvalue weighted by Gasteiger charge is 2.32. The van der Waals surface area contributed by atoms with Gasteiger partial charge in [0.2, 0.25) is 5.91 Å². The Kier molecular flexibility index (Phi) is 3.32. The summed E-state index contributed by atoms with van der Waals surface area (Å²) >= 11 is 0. The Morgan fingerprint density at radius 2 is 2.33 bits per heavy atom. The van der Waals surface area contributed by atoms with Crippen molar-refractivity contribution < 1.29 is 4.79 Å². The number of hydrogen-bond acceptors (Lipinski definition) is 1. The number of carbonyl (C=O) groups excluding carboxylic acids is 1. The Bertz CT molecular complexity index is 173. The highest BCUT2D eigenvalue weighted by Crippen LogP contribution is 2.30. The van der Waals surface area contributed by atoms with E-state index in [1.807, 2.05) is 4.90 Å². The fourth-order valence-electron chi connectivity index (χ4n) is 1.31. The number of hydrogen-bond donors (Lipinski definition) is 0. The van der Waals surface area contributed by atoms with Crippen LogP contribution < -0.4 is 0 Å². The molecule has 0 aromatic carbocycles. The first-order valence-electron chi connectivity index (χ1n) is 4.69. The van der Waals surface area contributed by atoms with Crippen LogP contribution in [0.5, 0.6) is 0 Å². The monoisotopic (exact) mass is 167 g/mol. The fraction of sp³-hybridized carbons (Fsp3) is 0.700. The Morgan fingerprint density at radius 1 is 1.67 bits per heavy atom. The molecule has 0 radical (unpaired) electrons. The largest absolute Gasteiger partial charge is 0.339 e. The van der Waals surface area contributed by atoms with Crippen LogP contribution in [-0.4, -0.2) is 23.9 Å². The molecular formula is C10H17NO. The zero-order chi connectivity index (χ0) is 8.97. The van der Waals surface area contributed by atoms with E-state index in [0.717, 1.165) is 25.8 Å². The lowest BCUT2D eigenvalue weighted by Gasteiger charge is -2.19. The predicted octanol–water partition coefficient (Wildman–Crippen LogP) is 1.82. The van der Waals surface area contributed by atoms with Gasteiger partial charge in [-0.25, -0.2) is 0 Å². The van der Waals surface area contributed by atoms with Gasteiger partial charge >= 0.3 is 0 Å². The first-order valence-corrected chi connectivity index (χ1v) is 4.69. The molecule has 12 heavy (non-hydrogen) atoms. The average molecular weight is 167 g/mol. The number of carbonyl (C=O) groups is 1. The van der Waals surface area contributed by atoms with Crippen molar-refractivity contribution in [3.63, 3.8) is 0 Å². The molecule has 0 spiro atoms. The maximum atomic E-state index is 11.6. The van der Waals surface area contributed by atoms with Crippen LogP contribution in [0.25, 0.3) is 0 Å². The van der Waals surface area contributed by atoms with Gasteiger partial charge in [0.15, 0.2) is 0 Å². The molecule has 1 aliphatic rings. The van der Waals surface area contributed by atoms with Crippen molar-refractivity contribution in [1.29, 1.82) is 0 Å². The summed E-state index contributed by atoms with van der Waals surface area (Å²) in [6.45, 7) is 7.33. The van der Waals surface area contributed by atoms with Gasteiger partial charge < -0.3 is 4.90 Å². The molecule has 0 atom stereocenters. The van der Waals surface area contributed by atoms with E-state index < -0.39 is 0 Å². The van der Waals surface area contributed by atoms with Crippen LogP contribution in [0.3, 0.4) is 0 Å². The molecule has 0 N–H and O–H groups in total. The molecule has 1 saturated carbocycles. The van der Waals surface area contributed by atoms with Crippen LogP contribution in [-0.2, 0) is 4.79 Å². The lowest BCUT2D eigenvalue weighted by atomic mass is 10.3. The normalized spacial score (nSPS) is 15.8. The minimum atomic E-state index is 0.330. The van der Waals surface area contributed by atoms with E-state index in [9.17, 15) is 4.79 Å². The quantitative estimate of drug-likeness (QED) is 0.572. The molecule has 1 amide bonds. The van der Waals surface area contributed by atoms with Crippen molar-refractivity contribution in [2.75, 3.05) is 13.1 Å².